The van der Waals surface area contributed by atoms with Crippen molar-refractivity contribution in [3.05, 3.63) is 99.6 Å². The highest BCUT2D eigenvalue weighted by atomic mass is 35.5. The minimum Gasteiger partial charge on any atom is -0.274 e. The summed E-state index contributed by atoms with van der Waals surface area (Å²) in [4.78, 5) is 27.8. The van der Waals surface area contributed by atoms with Crippen molar-refractivity contribution in [1.29, 1.82) is 0 Å². The summed E-state index contributed by atoms with van der Waals surface area (Å²) in [6, 6.07) is 21.2. The van der Waals surface area contributed by atoms with E-state index >= 15 is 0 Å². The average Bonchev–Trinajstić information content (AvgIpc) is 3.02. The Labute approximate surface area is 184 Å². The van der Waals surface area contributed by atoms with Crippen molar-refractivity contribution in [2.75, 3.05) is 4.90 Å². The molecule has 1 saturated heterocycles. The van der Waals surface area contributed by atoms with Gasteiger partial charge in [-0.25, -0.2) is 4.90 Å². The lowest BCUT2D eigenvalue weighted by atomic mass is 9.54. The first-order chi connectivity index (χ1) is 14.4. The number of rotatable bonds is 1. The van der Waals surface area contributed by atoms with Crippen LogP contribution in [0.25, 0.3) is 0 Å². The summed E-state index contributed by atoms with van der Waals surface area (Å²) in [5.41, 5.74) is 5.31. The molecule has 3 nitrogen and oxygen atoms in total. The fourth-order valence-electron chi connectivity index (χ4n) is 5.74. The molecule has 0 spiro atoms. The lowest BCUT2D eigenvalue weighted by molar-refractivity contribution is -0.122. The predicted octanol–water partition coefficient (Wildman–Crippen LogP) is 5.40. The quantitative estimate of drug-likeness (QED) is 0.380. The molecule has 2 amide bonds. The van der Waals surface area contributed by atoms with E-state index in [1.807, 2.05) is 61.5 Å². The summed E-state index contributed by atoms with van der Waals surface area (Å²) in [6.45, 7) is 1.88. The number of amides is 2. The molecule has 0 N–H and O–H groups in total. The molecule has 3 aromatic carbocycles. The van der Waals surface area contributed by atoms with Gasteiger partial charge in [-0.05, 0) is 46.9 Å². The molecular weight excluding hydrogens is 417 g/mol. The van der Waals surface area contributed by atoms with Gasteiger partial charge in [-0.15, -0.1) is 11.6 Å². The molecule has 2 bridgehead atoms. The second-order valence-electron chi connectivity index (χ2n) is 8.31. The number of benzene rings is 3. The number of carbonyl (C=O) groups excluding carboxylic acids is 2. The van der Waals surface area contributed by atoms with E-state index in [2.05, 4.69) is 0 Å². The molecule has 7 rings (SSSR count). The first-order valence-corrected chi connectivity index (χ1v) is 10.7. The van der Waals surface area contributed by atoms with Crippen LogP contribution >= 0.6 is 23.2 Å². The second kappa shape index (κ2) is 5.96. The molecule has 0 radical (unpaired) electrons. The van der Waals surface area contributed by atoms with E-state index in [1.165, 1.54) is 4.90 Å². The van der Waals surface area contributed by atoms with Crippen LogP contribution in [0.1, 0.15) is 33.7 Å². The summed E-state index contributed by atoms with van der Waals surface area (Å²) < 4.78 is 0. The van der Waals surface area contributed by atoms with Crippen molar-refractivity contribution in [2.45, 2.75) is 17.7 Å². The van der Waals surface area contributed by atoms with Crippen LogP contribution < -0.4 is 4.90 Å². The minimum atomic E-state index is -1.07. The van der Waals surface area contributed by atoms with E-state index < -0.39 is 16.7 Å². The number of alkyl halides is 1. The minimum absolute atomic E-state index is 0.191. The molecule has 30 heavy (non-hydrogen) atoms. The Morgan fingerprint density at radius 2 is 1.47 bits per heavy atom. The number of aryl methyl sites for hydroxylation is 1. The van der Waals surface area contributed by atoms with Gasteiger partial charge in [0.25, 0.3) is 0 Å². The van der Waals surface area contributed by atoms with E-state index in [9.17, 15) is 9.59 Å². The number of nitrogens with zero attached hydrogens (tertiary/aromatic N) is 1. The number of halogens is 2. The summed E-state index contributed by atoms with van der Waals surface area (Å²) in [5, 5.41) is 0.487. The summed E-state index contributed by atoms with van der Waals surface area (Å²) >= 11 is 13.6. The number of imide groups is 1. The Bertz CT molecular complexity index is 1220. The first kappa shape index (κ1) is 18.2. The van der Waals surface area contributed by atoms with Crippen LogP contribution in [-0.4, -0.2) is 11.8 Å². The first-order valence-electron chi connectivity index (χ1n) is 9.96. The molecule has 3 aromatic rings. The highest BCUT2D eigenvalue weighted by Gasteiger charge is 2.68. The smallest absolute Gasteiger partial charge is 0.240 e. The van der Waals surface area contributed by atoms with E-state index in [4.69, 9.17) is 23.2 Å². The van der Waals surface area contributed by atoms with Crippen LogP contribution in [0, 0.1) is 18.8 Å². The third kappa shape index (κ3) is 2.02. The highest BCUT2D eigenvalue weighted by molar-refractivity contribution is 6.34. The van der Waals surface area contributed by atoms with Crippen LogP contribution in [0.2, 0.25) is 5.02 Å². The Kier molecular flexibility index (Phi) is 3.61. The van der Waals surface area contributed by atoms with Crippen LogP contribution in [0.5, 0.6) is 0 Å². The zero-order valence-corrected chi connectivity index (χ0v) is 17.6. The van der Waals surface area contributed by atoms with Gasteiger partial charge in [0.1, 0.15) is 4.87 Å². The monoisotopic (exact) mass is 433 g/mol. The maximum atomic E-state index is 13.8. The van der Waals surface area contributed by atoms with Gasteiger partial charge in [-0.3, -0.25) is 9.59 Å². The Morgan fingerprint density at radius 3 is 2.10 bits per heavy atom. The molecule has 0 saturated carbocycles. The summed E-state index contributed by atoms with van der Waals surface area (Å²) in [7, 11) is 0. The molecule has 148 valence electrons. The van der Waals surface area contributed by atoms with E-state index in [-0.39, 0.29) is 17.7 Å². The predicted molar refractivity (Wildman–Crippen MR) is 117 cm³/mol. The van der Waals surface area contributed by atoms with Gasteiger partial charge in [0.2, 0.25) is 11.8 Å². The SMILES string of the molecule is Cc1ccc(Cl)cc1N1C(=O)[C@H]2C3c4ccccc4C(Cl)(c4ccccc43)[C@H]2C1=O. The Hall–Kier alpha value is -2.62. The molecule has 4 aliphatic rings. The second-order valence-corrected chi connectivity index (χ2v) is 9.34. The number of hydrogen-bond donors (Lipinski definition) is 0. The van der Waals surface area contributed by atoms with Gasteiger partial charge < -0.3 is 0 Å². The molecule has 1 aliphatic heterocycles. The zero-order valence-electron chi connectivity index (χ0n) is 16.1. The molecule has 2 atom stereocenters. The fraction of sp³-hybridized carbons (Fsp3) is 0.200. The number of carbonyl (C=O) groups is 2. The zero-order chi connectivity index (χ0) is 20.8. The van der Waals surface area contributed by atoms with Crippen LogP contribution in [0.3, 0.4) is 0 Å². The van der Waals surface area contributed by atoms with Crippen molar-refractivity contribution >= 4 is 40.7 Å². The maximum Gasteiger partial charge on any atom is 0.240 e. The van der Waals surface area contributed by atoms with Gasteiger partial charge in [-0.2, -0.15) is 0 Å². The van der Waals surface area contributed by atoms with E-state index in [0.717, 1.165) is 27.8 Å². The lowest BCUT2D eigenvalue weighted by Gasteiger charge is -2.50. The summed E-state index contributed by atoms with van der Waals surface area (Å²) in [5.74, 6) is -1.82. The standard InChI is InChI=1S/C25H17Cl2NO2/c1-13-10-11-14(26)12-19(13)28-23(29)21-20-15-6-2-4-8-17(15)25(27,22(21)24(28)30)18-9-5-3-7-16(18)20/h2-12,20-22H,1H3/t20?,21-,22+,25?/m0/s1. The Morgan fingerprint density at radius 1 is 0.867 bits per heavy atom. The van der Waals surface area contributed by atoms with Gasteiger partial charge in [0.15, 0.2) is 0 Å². The number of anilines is 1. The molecule has 1 heterocycles. The van der Waals surface area contributed by atoms with Gasteiger partial charge >= 0.3 is 0 Å². The normalized spacial score (nSPS) is 28.4. The molecule has 5 heteroatoms. The van der Waals surface area contributed by atoms with Crippen LogP contribution in [-0.2, 0) is 14.5 Å². The van der Waals surface area contributed by atoms with Crippen molar-refractivity contribution < 1.29 is 9.59 Å². The topological polar surface area (TPSA) is 37.4 Å². The molecule has 1 fully saturated rings. The number of hydrogen-bond acceptors (Lipinski definition) is 2. The molecule has 3 aliphatic carbocycles. The van der Waals surface area contributed by atoms with Crippen molar-refractivity contribution in [2.24, 2.45) is 11.8 Å². The van der Waals surface area contributed by atoms with Crippen molar-refractivity contribution in [3.8, 4) is 0 Å². The molecule has 0 unspecified atom stereocenters. The van der Waals surface area contributed by atoms with Gasteiger partial charge in [-0.1, -0.05) is 66.2 Å². The van der Waals surface area contributed by atoms with E-state index in [0.29, 0.717) is 10.7 Å². The van der Waals surface area contributed by atoms with Gasteiger partial charge in [0, 0.05) is 10.9 Å². The average molecular weight is 434 g/mol. The van der Waals surface area contributed by atoms with Crippen LogP contribution in [0.4, 0.5) is 5.69 Å². The van der Waals surface area contributed by atoms with Crippen LogP contribution in [0.15, 0.2) is 66.7 Å². The largest absolute Gasteiger partial charge is 0.274 e. The third-order valence-corrected chi connectivity index (χ3v) is 7.80. The fourth-order valence-corrected chi connectivity index (χ4v) is 6.48. The third-order valence-electron chi connectivity index (χ3n) is 6.93. The summed E-state index contributed by atoms with van der Waals surface area (Å²) in [6.07, 6.45) is 0. The van der Waals surface area contributed by atoms with Crippen molar-refractivity contribution in [1.82, 2.24) is 0 Å². The maximum absolute atomic E-state index is 13.8. The molecule has 0 aromatic heterocycles. The van der Waals surface area contributed by atoms with E-state index in [1.54, 1.807) is 12.1 Å². The van der Waals surface area contributed by atoms with Gasteiger partial charge in [0.05, 0.1) is 17.5 Å². The molecular formula is C25H17Cl2NO2. The Balaban J connectivity index is 1.63. The van der Waals surface area contributed by atoms with Crippen molar-refractivity contribution in [3.63, 3.8) is 0 Å². The lowest BCUT2D eigenvalue weighted by Crippen LogP contribution is -2.50. The highest BCUT2D eigenvalue weighted by Crippen LogP contribution is 2.65.